The van der Waals surface area contributed by atoms with Crippen LogP contribution in [0.3, 0.4) is 0 Å². The van der Waals surface area contributed by atoms with E-state index in [0.717, 1.165) is 34.1 Å². The highest BCUT2D eigenvalue weighted by molar-refractivity contribution is 7.98. The molecule has 4 heteroatoms. The molecule has 0 atom stereocenters. The van der Waals surface area contributed by atoms with Crippen LogP contribution in [0.25, 0.3) is 11.3 Å². The molecule has 1 aromatic carbocycles. The summed E-state index contributed by atoms with van der Waals surface area (Å²) in [6, 6.07) is 10.5. The second-order valence-electron chi connectivity index (χ2n) is 4.84. The second-order valence-corrected chi connectivity index (χ2v) is 5.62. The zero-order chi connectivity index (χ0) is 15.9. The quantitative estimate of drug-likeness (QED) is 0.455. The maximum Gasteiger partial charge on any atom is 0.187 e. The van der Waals surface area contributed by atoms with Crippen molar-refractivity contribution in [1.29, 1.82) is 0 Å². The van der Waals surface area contributed by atoms with Gasteiger partial charge in [0.25, 0.3) is 0 Å². The molecule has 0 radical (unpaired) electrons. The lowest BCUT2D eigenvalue weighted by atomic mass is 10.0. The fourth-order valence-electron chi connectivity index (χ4n) is 2.22. The van der Waals surface area contributed by atoms with Gasteiger partial charge in [0.15, 0.2) is 5.16 Å². The number of hydrogen-bond acceptors (Lipinski definition) is 4. The monoisotopic (exact) mass is 311 g/mol. The largest absolute Gasteiger partial charge is 0.261 e. The van der Waals surface area contributed by atoms with Crippen LogP contribution in [0.5, 0.6) is 0 Å². The average molecular weight is 311 g/mol. The molecule has 1 heterocycles. The summed E-state index contributed by atoms with van der Waals surface area (Å²) >= 11 is 1.54. The average Bonchev–Trinajstić information content (AvgIpc) is 2.59. The van der Waals surface area contributed by atoms with Crippen LogP contribution in [0.4, 0.5) is 0 Å². The van der Waals surface area contributed by atoms with Gasteiger partial charge in [0.2, 0.25) is 0 Å². The molecule has 0 saturated carbocycles. The Morgan fingerprint density at radius 1 is 1.32 bits per heavy atom. The molecule has 0 aliphatic heterocycles. The van der Waals surface area contributed by atoms with Crippen molar-refractivity contribution in [2.24, 2.45) is 4.99 Å². The molecule has 0 unspecified atom stereocenters. The van der Waals surface area contributed by atoms with Gasteiger partial charge in [-0.15, -0.1) is 0 Å². The number of allylic oxidation sites excluding steroid dienone is 1. The van der Waals surface area contributed by atoms with E-state index in [1.807, 2.05) is 25.5 Å². The number of benzene rings is 1. The summed E-state index contributed by atoms with van der Waals surface area (Å²) in [5, 5.41) is 0.777. The predicted octanol–water partition coefficient (Wildman–Crippen LogP) is 4.74. The van der Waals surface area contributed by atoms with Crippen molar-refractivity contribution in [2.75, 3.05) is 6.26 Å². The molecule has 114 valence electrons. The summed E-state index contributed by atoms with van der Waals surface area (Å²) in [6.07, 6.45) is 6.62. The highest BCUT2D eigenvalue weighted by Gasteiger charge is 2.09. The van der Waals surface area contributed by atoms with E-state index in [1.54, 1.807) is 18.0 Å². The van der Waals surface area contributed by atoms with Gasteiger partial charge in [-0.05, 0) is 44.2 Å². The number of aromatic nitrogens is 2. The maximum atomic E-state index is 4.59. The van der Waals surface area contributed by atoms with Crippen LogP contribution >= 0.6 is 11.8 Å². The Hall–Kier alpha value is -1.94. The minimum absolute atomic E-state index is 0.777. The Balaban J connectivity index is 2.56. The second kappa shape index (κ2) is 7.90. The van der Waals surface area contributed by atoms with Crippen molar-refractivity contribution < 1.29 is 0 Å². The first kappa shape index (κ1) is 16.4. The lowest BCUT2D eigenvalue weighted by Gasteiger charge is -2.10. The van der Waals surface area contributed by atoms with Gasteiger partial charge in [0.05, 0.1) is 11.4 Å². The van der Waals surface area contributed by atoms with Crippen LogP contribution in [0, 0.1) is 0 Å². The first-order valence-corrected chi connectivity index (χ1v) is 8.58. The molecule has 0 N–H and O–H groups in total. The van der Waals surface area contributed by atoms with Gasteiger partial charge in [-0.25, -0.2) is 9.97 Å². The Bertz CT molecular complexity index is 705. The molecule has 0 aliphatic rings. The van der Waals surface area contributed by atoms with E-state index in [4.69, 9.17) is 0 Å². The van der Waals surface area contributed by atoms with E-state index in [2.05, 4.69) is 53.1 Å². The van der Waals surface area contributed by atoms with E-state index in [-0.39, 0.29) is 0 Å². The Morgan fingerprint density at radius 3 is 2.82 bits per heavy atom. The molecule has 3 nitrogen and oxygen atoms in total. The number of rotatable bonds is 5. The molecular formula is C18H21N3S. The third-order valence-electron chi connectivity index (χ3n) is 3.42. The zero-order valence-corrected chi connectivity index (χ0v) is 14.3. The molecule has 1 aromatic heterocycles. The fourth-order valence-corrected chi connectivity index (χ4v) is 2.58. The Kier molecular flexibility index (Phi) is 5.90. The van der Waals surface area contributed by atoms with Crippen LogP contribution in [0.1, 0.15) is 37.6 Å². The van der Waals surface area contributed by atoms with Crippen LogP contribution < -0.4 is 0 Å². The van der Waals surface area contributed by atoms with Gasteiger partial charge >= 0.3 is 0 Å². The molecule has 0 amide bonds. The van der Waals surface area contributed by atoms with Gasteiger partial charge in [-0.1, -0.05) is 36.9 Å². The first-order chi connectivity index (χ1) is 10.7. The smallest absolute Gasteiger partial charge is 0.187 e. The molecule has 22 heavy (non-hydrogen) atoms. The number of aryl methyl sites for hydroxylation is 1. The summed E-state index contributed by atoms with van der Waals surface area (Å²) in [7, 11) is 0. The SMILES string of the molecule is CC=N/C(=C(\C)c1ccnc(SC)n1)c1cccc(CC)c1. The van der Waals surface area contributed by atoms with Crippen LogP contribution in [0.15, 0.2) is 46.7 Å². The van der Waals surface area contributed by atoms with Crippen molar-refractivity contribution in [3.8, 4) is 0 Å². The topological polar surface area (TPSA) is 38.1 Å². The molecule has 0 bridgehead atoms. The van der Waals surface area contributed by atoms with Crippen molar-refractivity contribution in [2.45, 2.75) is 32.3 Å². The lowest BCUT2D eigenvalue weighted by molar-refractivity contribution is 0.955. The number of hydrogen-bond donors (Lipinski definition) is 0. The Labute approximate surface area is 136 Å². The fraction of sp³-hybridized carbons (Fsp3) is 0.278. The van der Waals surface area contributed by atoms with Crippen LogP contribution in [-0.4, -0.2) is 22.4 Å². The molecule has 0 spiro atoms. The van der Waals surface area contributed by atoms with Gasteiger partial charge in [0, 0.05) is 23.5 Å². The zero-order valence-electron chi connectivity index (χ0n) is 13.5. The molecule has 0 aliphatic carbocycles. The van der Waals surface area contributed by atoms with Crippen molar-refractivity contribution >= 4 is 29.2 Å². The summed E-state index contributed by atoms with van der Waals surface area (Å²) in [5.74, 6) is 0. The first-order valence-electron chi connectivity index (χ1n) is 7.35. The van der Waals surface area contributed by atoms with E-state index in [1.165, 1.54) is 5.56 Å². The summed E-state index contributed by atoms with van der Waals surface area (Å²) in [5.41, 5.74) is 5.37. The molecular weight excluding hydrogens is 290 g/mol. The van der Waals surface area contributed by atoms with E-state index in [0.29, 0.717) is 0 Å². The highest BCUT2D eigenvalue weighted by atomic mass is 32.2. The van der Waals surface area contributed by atoms with Crippen LogP contribution in [-0.2, 0) is 6.42 Å². The lowest BCUT2D eigenvalue weighted by Crippen LogP contribution is -1.95. The third kappa shape index (κ3) is 3.83. The normalized spacial score (nSPS) is 12.5. The maximum absolute atomic E-state index is 4.59. The van der Waals surface area contributed by atoms with Crippen LogP contribution in [0.2, 0.25) is 0 Å². The molecule has 0 saturated heterocycles. The van der Waals surface area contributed by atoms with Crippen molar-refractivity contribution in [3.63, 3.8) is 0 Å². The summed E-state index contributed by atoms with van der Waals surface area (Å²) < 4.78 is 0. The Morgan fingerprint density at radius 2 is 2.14 bits per heavy atom. The van der Waals surface area contributed by atoms with Crippen molar-refractivity contribution in [3.05, 3.63) is 53.3 Å². The van der Waals surface area contributed by atoms with E-state index >= 15 is 0 Å². The number of aliphatic imine (C=N–C) groups is 1. The summed E-state index contributed by atoms with van der Waals surface area (Å²) in [6.45, 7) is 6.16. The third-order valence-corrected chi connectivity index (χ3v) is 3.98. The molecule has 0 fully saturated rings. The van der Waals surface area contributed by atoms with Crippen molar-refractivity contribution in [1.82, 2.24) is 9.97 Å². The summed E-state index contributed by atoms with van der Waals surface area (Å²) in [4.78, 5) is 13.4. The van der Waals surface area contributed by atoms with E-state index < -0.39 is 0 Å². The van der Waals surface area contributed by atoms with Gasteiger partial charge in [0.1, 0.15) is 0 Å². The standard InChI is InChI=1S/C18H21N3S/c1-5-14-8-7-9-15(12-14)17(19-6-2)13(3)16-10-11-20-18(21-16)22-4/h6-12H,5H2,1-4H3/b17-13+,19-6?. The van der Waals surface area contributed by atoms with Gasteiger partial charge < -0.3 is 0 Å². The van der Waals surface area contributed by atoms with Gasteiger partial charge in [-0.3, -0.25) is 4.99 Å². The van der Waals surface area contributed by atoms with Gasteiger partial charge in [-0.2, -0.15) is 0 Å². The minimum Gasteiger partial charge on any atom is -0.261 e. The minimum atomic E-state index is 0.777. The molecule has 2 aromatic rings. The highest BCUT2D eigenvalue weighted by Crippen LogP contribution is 2.27. The predicted molar refractivity (Wildman–Crippen MR) is 96.3 cm³/mol. The molecule has 2 rings (SSSR count). The number of thioether (sulfide) groups is 1. The van der Waals surface area contributed by atoms with E-state index in [9.17, 15) is 0 Å². The number of nitrogens with zero attached hydrogens (tertiary/aromatic N) is 3.